The molecule has 6 nitrogen and oxygen atoms in total. The van der Waals surface area contributed by atoms with E-state index in [1.807, 2.05) is 6.07 Å². The Balaban J connectivity index is 1.40. The molecule has 1 aliphatic carbocycles. The molecule has 1 amide bonds. The van der Waals surface area contributed by atoms with Crippen LogP contribution in [-0.2, 0) is 16.8 Å². The lowest BCUT2D eigenvalue weighted by molar-refractivity contribution is -0.130. The van der Waals surface area contributed by atoms with Crippen molar-refractivity contribution in [1.29, 1.82) is 0 Å². The summed E-state index contributed by atoms with van der Waals surface area (Å²) >= 11 is 0. The number of likely N-dealkylation sites (tertiary alicyclic amines) is 1. The van der Waals surface area contributed by atoms with Crippen molar-refractivity contribution in [1.82, 2.24) is 15.1 Å². The Hall–Kier alpha value is -3.06. The summed E-state index contributed by atoms with van der Waals surface area (Å²) in [5.41, 5.74) is -0.702. The number of hydrogen-bond acceptors (Lipinski definition) is 4. The molecule has 2 aromatic carbocycles. The number of hydrogen-bond donors (Lipinski definition) is 2. The van der Waals surface area contributed by atoms with E-state index in [4.69, 9.17) is 0 Å². The average Bonchev–Trinajstić information content (AvgIpc) is 3.22. The maximum Gasteiger partial charge on any atom is 0.272 e. The van der Waals surface area contributed by atoms with Crippen LogP contribution in [-0.4, -0.2) is 39.2 Å². The Kier molecular flexibility index (Phi) is 4.85. The number of carbonyl (C=O) groups is 1. The molecule has 1 saturated heterocycles. The summed E-state index contributed by atoms with van der Waals surface area (Å²) < 4.78 is 14.5. The first-order chi connectivity index (χ1) is 15.0. The van der Waals surface area contributed by atoms with Crippen molar-refractivity contribution < 1.29 is 14.3 Å². The monoisotopic (exact) mass is 421 g/mol. The van der Waals surface area contributed by atoms with Gasteiger partial charge >= 0.3 is 0 Å². The highest BCUT2D eigenvalue weighted by Crippen LogP contribution is 2.48. The molecule has 2 heterocycles. The molecule has 2 aliphatic rings. The number of H-pyrrole nitrogens is 1. The topological polar surface area (TPSA) is 86.3 Å². The van der Waals surface area contributed by atoms with E-state index in [9.17, 15) is 19.1 Å². The fourth-order valence-corrected chi connectivity index (χ4v) is 5.44. The van der Waals surface area contributed by atoms with Crippen LogP contribution in [0.25, 0.3) is 10.8 Å². The van der Waals surface area contributed by atoms with Gasteiger partial charge in [-0.1, -0.05) is 36.4 Å². The Bertz CT molecular complexity index is 1210. The SMILES string of the molecule is O=C(Cc1n[nH]c(=O)c2ccccc12)N1CC2CCCC(O)(c3ccccc3F)C2C1. The number of aromatic nitrogens is 2. The molecule has 1 aromatic heterocycles. The second-order valence-electron chi connectivity index (χ2n) is 8.68. The average molecular weight is 421 g/mol. The summed E-state index contributed by atoms with van der Waals surface area (Å²) in [5.74, 6) is -0.584. The lowest BCUT2D eigenvalue weighted by Gasteiger charge is -2.41. The highest BCUT2D eigenvalue weighted by atomic mass is 19.1. The summed E-state index contributed by atoms with van der Waals surface area (Å²) in [6.45, 7) is 0.928. The van der Waals surface area contributed by atoms with E-state index in [2.05, 4.69) is 10.2 Å². The highest BCUT2D eigenvalue weighted by molar-refractivity contribution is 5.88. The van der Waals surface area contributed by atoms with Gasteiger partial charge in [-0.2, -0.15) is 5.10 Å². The Morgan fingerprint density at radius 1 is 1.16 bits per heavy atom. The minimum atomic E-state index is -1.27. The smallest absolute Gasteiger partial charge is 0.272 e. The minimum Gasteiger partial charge on any atom is -0.385 e. The first kappa shape index (κ1) is 19.9. The number of fused-ring (bicyclic) bond motifs is 2. The fourth-order valence-electron chi connectivity index (χ4n) is 5.44. The van der Waals surface area contributed by atoms with E-state index in [1.54, 1.807) is 41.3 Å². The second kappa shape index (κ2) is 7.57. The van der Waals surface area contributed by atoms with Gasteiger partial charge in [0.25, 0.3) is 5.56 Å². The van der Waals surface area contributed by atoms with Gasteiger partial charge in [-0.3, -0.25) is 9.59 Å². The highest BCUT2D eigenvalue weighted by Gasteiger charge is 2.51. The van der Waals surface area contributed by atoms with E-state index < -0.39 is 11.4 Å². The Morgan fingerprint density at radius 3 is 2.71 bits per heavy atom. The molecule has 2 N–H and O–H groups in total. The molecule has 160 valence electrons. The van der Waals surface area contributed by atoms with Crippen molar-refractivity contribution in [2.24, 2.45) is 11.8 Å². The standard InChI is InChI=1S/C24H24FN3O3/c25-20-10-4-3-9-18(20)24(31)11-5-6-15-13-28(14-19(15)24)22(29)12-21-16-7-1-2-8-17(16)23(30)27-26-21/h1-4,7-10,15,19,31H,5-6,11-14H2,(H,27,30). The van der Waals surface area contributed by atoms with Crippen LogP contribution in [0.3, 0.4) is 0 Å². The van der Waals surface area contributed by atoms with Gasteiger partial charge in [0.1, 0.15) is 5.82 Å². The van der Waals surface area contributed by atoms with E-state index in [0.29, 0.717) is 41.5 Å². The zero-order chi connectivity index (χ0) is 21.6. The number of aliphatic hydroxyl groups is 1. The predicted octanol–water partition coefficient (Wildman–Crippen LogP) is 2.75. The number of halogens is 1. The van der Waals surface area contributed by atoms with Crippen LogP contribution in [0.1, 0.15) is 30.5 Å². The predicted molar refractivity (Wildman–Crippen MR) is 114 cm³/mol. The van der Waals surface area contributed by atoms with Gasteiger partial charge in [0, 0.05) is 30.0 Å². The third kappa shape index (κ3) is 3.33. The summed E-state index contributed by atoms with van der Waals surface area (Å²) in [4.78, 5) is 26.9. The number of carbonyl (C=O) groups excluding carboxylic acids is 1. The van der Waals surface area contributed by atoms with Gasteiger partial charge in [0.15, 0.2) is 0 Å². The van der Waals surface area contributed by atoms with Crippen molar-refractivity contribution >= 4 is 16.7 Å². The zero-order valence-corrected chi connectivity index (χ0v) is 17.1. The van der Waals surface area contributed by atoms with Gasteiger partial charge in [-0.25, -0.2) is 9.49 Å². The normalized spacial score (nSPS) is 25.5. The fraction of sp³-hybridized carbons (Fsp3) is 0.375. The molecule has 3 atom stereocenters. The molecule has 0 bridgehead atoms. The lowest BCUT2D eigenvalue weighted by Crippen LogP contribution is -2.43. The van der Waals surface area contributed by atoms with Crippen LogP contribution in [0.15, 0.2) is 53.3 Å². The van der Waals surface area contributed by atoms with Gasteiger partial charge in [0.05, 0.1) is 23.1 Å². The molecule has 1 saturated carbocycles. The molecule has 7 heteroatoms. The first-order valence-corrected chi connectivity index (χ1v) is 10.7. The Labute approximate surface area is 178 Å². The van der Waals surface area contributed by atoms with Crippen LogP contribution in [0, 0.1) is 17.7 Å². The van der Waals surface area contributed by atoms with Crippen molar-refractivity contribution in [3.8, 4) is 0 Å². The Morgan fingerprint density at radius 2 is 1.90 bits per heavy atom. The molecule has 0 spiro atoms. The van der Waals surface area contributed by atoms with E-state index >= 15 is 0 Å². The van der Waals surface area contributed by atoms with Crippen LogP contribution in [0.5, 0.6) is 0 Å². The van der Waals surface area contributed by atoms with Crippen LogP contribution in [0.4, 0.5) is 4.39 Å². The number of amides is 1. The minimum absolute atomic E-state index is 0.0643. The number of aromatic amines is 1. The molecule has 1 aliphatic heterocycles. The largest absolute Gasteiger partial charge is 0.385 e. The van der Waals surface area contributed by atoms with E-state index in [0.717, 1.165) is 12.8 Å². The van der Waals surface area contributed by atoms with Crippen molar-refractivity contribution in [2.45, 2.75) is 31.3 Å². The summed E-state index contributed by atoms with van der Waals surface area (Å²) in [6, 6.07) is 13.5. The van der Waals surface area contributed by atoms with E-state index in [1.165, 1.54) is 6.07 Å². The number of rotatable bonds is 3. The number of nitrogens with one attached hydrogen (secondary N) is 1. The number of benzene rings is 2. The maximum atomic E-state index is 14.5. The molecule has 0 radical (unpaired) electrons. The van der Waals surface area contributed by atoms with Crippen LogP contribution < -0.4 is 5.56 Å². The second-order valence-corrected chi connectivity index (χ2v) is 8.68. The summed E-state index contributed by atoms with van der Waals surface area (Å²) in [5, 5.41) is 19.3. The molecule has 3 unspecified atom stereocenters. The van der Waals surface area contributed by atoms with Crippen molar-refractivity contribution in [3.63, 3.8) is 0 Å². The quantitative estimate of drug-likeness (QED) is 0.681. The first-order valence-electron chi connectivity index (χ1n) is 10.7. The van der Waals surface area contributed by atoms with Gasteiger partial charge < -0.3 is 10.0 Å². The van der Waals surface area contributed by atoms with Gasteiger partial charge in [0.2, 0.25) is 5.91 Å². The third-order valence-electron chi connectivity index (χ3n) is 6.97. The van der Waals surface area contributed by atoms with Gasteiger partial charge in [-0.05, 0) is 37.3 Å². The third-order valence-corrected chi connectivity index (χ3v) is 6.97. The summed E-state index contributed by atoms with van der Waals surface area (Å²) in [7, 11) is 0. The number of nitrogens with zero attached hydrogens (tertiary/aromatic N) is 2. The molecule has 5 rings (SSSR count). The molecule has 31 heavy (non-hydrogen) atoms. The van der Waals surface area contributed by atoms with Crippen LogP contribution in [0.2, 0.25) is 0 Å². The molecule has 2 fully saturated rings. The maximum absolute atomic E-state index is 14.5. The summed E-state index contributed by atoms with van der Waals surface area (Å²) in [6.07, 6.45) is 2.25. The van der Waals surface area contributed by atoms with Gasteiger partial charge in [-0.15, -0.1) is 0 Å². The van der Waals surface area contributed by atoms with E-state index in [-0.39, 0.29) is 29.7 Å². The van der Waals surface area contributed by atoms with Crippen molar-refractivity contribution in [2.75, 3.05) is 13.1 Å². The molecular formula is C24H24FN3O3. The zero-order valence-electron chi connectivity index (χ0n) is 17.1. The molecule has 3 aromatic rings. The van der Waals surface area contributed by atoms with Crippen molar-refractivity contribution in [3.05, 3.63) is 76.0 Å². The lowest BCUT2D eigenvalue weighted by atomic mass is 9.67. The molecular weight excluding hydrogens is 397 g/mol. The van der Waals surface area contributed by atoms with Crippen LogP contribution >= 0.6 is 0 Å².